The topological polar surface area (TPSA) is 76.7 Å². The summed E-state index contributed by atoms with van der Waals surface area (Å²) in [5.74, 6) is 1.36. The zero-order chi connectivity index (χ0) is 20.5. The van der Waals surface area contributed by atoms with Crippen LogP contribution in [-0.2, 0) is 0 Å². The van der Waals surface area contributed by atoms with Crippen molar-refractivity contribution in [2.45, 2.75) is 37.8 Å². The number of nitrogens with one attached hydrogen (secondary N) is 1. The normalized spacial score (nSPS) is 11.3. The minimum absolute atomic E-state index is 0.486. The standard InChI is InChI=1S/C22H23N5S2/c1-12(2)28-16-10-8-15(9-11-16)24-20-18-21(29-22(23)25-18)27-19(26-20)17-13(3)6-5-7-14(17)4/h5-12H,1-4H3,(H2,23,25)(H,24,26,27). The van der Waals surface area contributed by atoms with E-state index in [1.54, 1.807) is 0 Å². The highest BCUT2D eigenvalue weighted by atomic mass is 32.2. The van der Waals surface area contributed by atoms with Gasteiger partial charge in [0.15, 0.2) is 21.6 Å². The lowest BCUT2D eigenvalue weighted by Crippen LogP contribution is -2.01. The molecule has 2 heterocycles. The molecule has 0 aliphatic rings. The Morgan fingerprint density at radius 1 is 0.966 bits per heavy atom. The maximum Gasteiger partial charge on any atom is 0.182 e. The van der Waals surface area contributed by atoms with Crippen LogP contribution < -0.4 is 11.1 Å². The molecule has 0 aliphatic heterocycles. The highest BCUT2D eigenvalue weighted by molar-refractivity contribution is 7.99. The number of thioether (sulfide) groups is 1. The first-order valence-corrected chi connectivity index (χ1v) is 11.1. The number of aryl methyl sites for hydroxylation is 2. The molecule has 0 saturated heterocycles. The lowest BCUT2D eigenvalue weighted by atomic mass is 10.0. The summed E-state index contributed by atoms with van der Waals surface area (Å²) in [6, 6.07) is 14.6. The fraction of sp³-hybridized carbons (Fsp3) is 0.227. The Morgan fingerprint density at radius 2 is 1.66 bits per heavy atom. The van der Waals surface area contributed by atoms with Gasteiger partial charge >= 0.3 is 0 Å². The van der Waals surface area contributed by atoms with Gasteiger partial charge in [0.05, 0.1) is 0 Å². The van der Waals surface area contributed by atoms with Gasteiger partial charge in [0, 0.05) is 21.4 Å². The van der Waals surface area contributed by atoms with Gasteiger partial charge in [0.25, 0.3) is 0 Å². The van der Waals surface area contributed by atoms with Crippen molar-refractivity contribution >= 4 is 50.1 Å². The van der Waals surface area contributed by atoms with Gasteiger partial charge in [-0.05, 0) is 49.2 Å². The number of hydrogen-bond acceptors (Lipinski definition) is 7. The summed E-state index contributed by atoms with van der Waals surface area (Å²) >= 11 is 3.22. The zero-order valence-corrected chi connectivity index (χ0v) is 18.5. The Balaban J connectivity index is 1.77. The van der Waals surface area contributed by atoms with E-state index in [2.05, 4.69) is 74.4 Å². The van der Waals surface area contributed by atoms with Gasteiger partial charge in [-0.3, -0.25) is 0 Å². The average molecular weight is 422 g/mol. The monoisotopic (exact) mass is 421 g/mol. The van der Waals surface area contributed by atoms with Crippen LogP contribution in [0, 0.1) is 13.8 Å². The second-order valence-corrected chi connectivity index (χ2v) is 9.84. The van der Waals surface area contributed by atoms with Crippen molar-refractivity contribution in [3.8, 4) is 11.4 Å². The minimum Gasteiger partial charge on any atom is -0.375 e. The van der Waals surface area contributed by atoms with E-state index in [1.807, 2.05) is 17.8 Å². The number of aromatic nitrogens is 3. The van der Waals surface area contributed by atoms with E-state index >= 15 is 0 Å². The highest BCUT2D eigenvalue weighted by Gasteiger charge is 2.16. The number of rotatable bonds is 5. The number of hydrogen-bond donors (Lipinski definition) is 2. The molecule has 0 fully saturated rings. The third-order valence-corrected chi connectivity index (χ3v) is 6.26. The lowest BCUT2D eigenvalue weighted by molar-refractivity contribution is 1.11. The van der Waals surface area contributed by atoms with Crippen LogP contribution >= 0.6 is 23.1 Å². The van der Waals surface area contributed by atoms with Gasteiger partial charge in [-0.1, -0.05) is 43.4 Å². The molecule has 2 aromatic heterocycles. The molecular formula is C22H23N5S2. The van der Waals surface area contributed by atoms with Crippen molar-refractivity contribution in [2.24, 2.45) is 0 Å². The highest BCUT2D eigenvalue weighted by Crippen LogP contribution is 2.33. The van der Waals surface area contributed by atoms with E-state index < -0.39 is 0 Å². The molecule has 0 saturated carbocycles. The van der Waals surface area contributed by atoms with Gasteiger partial charge in [0.2, 0.25) is 0 Å². The average Bonchev–Trinajstić information content (AvgIpc) is 3.03. The van der Waals surface area contributed by atoms with E-state index in [9.17, 15) is 0 Å². The zero-order valence-electron chi connectivity index (χ0n) is 16.9. The van der Waals surface area contributed by atoms with E-state index in [0.29, 0.717) is 27.5 Å². The molecule has 5 nitrogen and oxygen atoms in total. The SMILES string of the molecule is Cc1cccc(C)c1-c1nc(Nc2ccc(SC(C)C)cc2)c2nc(N)sc2n1. The molecule has 0 aliphatic carbocycles. The molecule has 0 unspecified atom stereocenters. The van der Waals surface area contributed by atoms with Crippen LogP contribution in [0.1, 0.15) is 25.0 Å². The number of benzene rings is 2. The van der Waals surface area contributed by atoms with Crippen LogP contribution in [0.2, 0.25) is 0 Å². The van der Waals surface area contributed by atoms with Crippen molar-refractivity contribution in [2.75, 3.05) is 11.1 Å². The number of thiazole rings is 1. The number of nitrogens with zero attached hydrogens (tertiary/aromatic N) is 3. The van der Waals surface area contributed by atoms with Crippen molar-refractivity contribution < 1.29 is 0 Å². The quantitative estimate of drug-likeness (QED) is 0.374. The van der Waals surface area contributed by atoms with Crippen molar-refractivity contribution in [3.05, 3.63) is 53.6 Å². The largest absolute Gasteiger partial charge is 0.375 e. The van der Waals surface area contributed by atoms with Crippen LogP contribution in [0.3, 0.4) is 0 Å². The summed E-state index contributed by atoms with van der Waals surface area (Å²) in [6.45, 7) is 8.54. The Morgan fingerprint density at radius 3 is 2.31 bits per heavy atom. The number of fused-ring (bicyclic) bond motifs is 1. The summed E-state index contributed by atoms with van der Waals surface area (Å²) in [5.41, 5.74) is 11.0. The van der Waals surface area contributed by atoms with Crippen molar-refractivity contribution in [1.82, 2.24) is 15.0 Å². The molecule has 0 atom stereocenters. The van der Waals surface area contributed by atoms with E-state index in [4.69, 9.17) is 15.7 Å². The van der Waals surface area contributed by atoms with E-state index in [0.717, 1.165) is 27.2 Å². The summed E-state index contributed by atoms with van der Waals surface area (Å²) in [5, 5.41) is 4.45. The third-order valence-electron chi connectivity index (χ3n) is 4.47. The fourth-order valence-corrected chi connectivity index (χ4v) is 4.77. The molecule has 3 N–H and O–H groups in total. The number of nitrogen functional groups attached to an aromatic ring is 1. The molecule has 29 heavy (non-hydrogen) atoms. The molecule has 7 heteroatoms. The smallest absolute Gasteiger partial charge is 0.182 e. The lowest BCUT2D eigenvalue weighted by Gasteiger charge is -2.12. The second kappa shape index (κ2) is 8.00. The first-order chi connectivity index (χ1) is 13.9. The van der Waals surface area contributed by atoms with E-state index in [-0.39, 0.29) is 0 Å². The Labute approximate surface area is 178 Å². The molecule has 148 valence electrons. The van der Waals surface area contributed by atoms with Crippen molar-refractivity contribution in [1.29, 1.82) is 0 Å². The third kappa shape index (κ3) is 4.21. The molecular weight excluding hydrogens is 398 g/mol. The molecule has 0 bridgehead atoms. The minimum atomic E-state index is 0.486. The summed E-state index contributed by atoms with van der Waals surface area (Å²) < 4.78 is 0. The van der Waals surface area contributed by atoms with Gasteiger partial charge in [-0.25, -0.2) is 15.0 Å². The molecule has 0 spiro atoms. The number of anilines is 3. The Kier molecular flexibility index (Phi) is 5.43. The molecule has 0 amide bonds. The summed E-state index contributed by atoms with van der Waals surface area (Å²) in [7, 11) is 0. The summed E-state index contributed by atoms with van der Waals surface area (Å²) in [6.07, 6.45) is 0. The predicted molar refractivity (Wildman–Crippen MR) is 125 cm³/mol. The van der Waals surface area contributed by atoms with Crippen LogP contribution in [-0.4, -0.2) is 20.2 Å². The molecule has 4 aromatic rings. The van der Waals surface area contributed by atoms with Crippen molar-refractivity contribution in [3.63, 3.8) is 0 Å². The first-order valence-electron chi connectivity index (χ1n) is 9.45. The van der Waals surface area contributed by atoms with E-state index in [1.165, 1.54) is 16.2 Å². The predicted octanol–water partition coefficient (Wildman–Crippen LogP) is 6.20. The maximum absolute atomic E-state index is 5.98. The van der Waals surface area contributed by atoms with Crippen LogP contribution in [0.5, 0.6) is 0 Å². The van der Waals surface area contributed by atoms with Crippen LogP contribution in [0.15, 0.2) is 47.4 Å². The van der Waals surface area contributed by atoms with Gasteiger partial charge in [-0.15, -0.1) is 11.8 Å². The van der Waals surface area contributed by atoms with Gasteiger partial charge in [-0.2, -0.15) is 0 Å². The van der Waals surface area contributed by atoms with Gasteiger partial charge in [0.1, 0.15) is 5.52 Å². The molecule has 2 aromatic carbocycles. The first kappa shape index (κ1) is 19.7. The second-order valence-electron chi connectivity index (χ2n) is 7.18. The summed E-state index contributed by atoms with van der Waals surface area (Å²) in [4.78, 5) is 16.1. The van der Waals surface area contributed by atoms with Gasteiger partial charge < -0.3 is 11.1 Å². The molecule has 0 radical (unpaired) electrons. The Hall–Kier alpha value is -2.64. The Bertz CT molecular complexity index is 1150. The fourth-order valence-electron chi connectivity index (χ4n) is 3.23. The number of nitrogens with two attached hydrogens (primary N) is 1. The van der Waals surface area contributed by atoms with Crippen LogP contribution in [0.25, 0.3) is 21.7 Å². The molecule has 4 rings (SSSR count). The maximum atomic E-state index is 5.98. The van der Waals surface area contributed by atoms with Crippen LogP contribution in [0.4, 0.5) is 16.6 Å².